The summed E-state index contributed by atoms with van der Waals surface area (Å²) in [4.78, 5) is 2.88. The van der Waals surface area contributed by atoms with Crippen LogP contribution in [0.2, 0.25) is 0 Å². The van der Waals surface area contributed by atoms with E-state index in [1.54, 1.807) is 0 Å². The summed E-state index contributed by atoms with van der Waals surface area (Å²) in [5.74, 6) is 2.10. The van der Waals surface area contributed by atoms with E-state index in [9.17, 15) is 5.11 Å². The lowest BCUT2D eigenvalue weighted by Gasteiger charge is -2.75. The minimum absolute atomic E-state index is 0.00736. The normalized spacial score (nSPS) is 43.9. The van der Waals surface area contributed by atoms with Crippen molar-refractivity contribution in [2.75, 3.05) is 20.2 Å². The molecule has 4 saturated carbocycles. The molecule has 2 unspecified atom stereocenters. The summed E-state index contributed by atoms with van der Waals surface area (Å²) in [6.45, 7) is 13.3. The fraction of sp³-hybridized carbons (Fsp3) is 0.800. The number of piperidine rings is 1. The zero-order valence-electron chi connectivity index (χ0n) is 22.0. The van der Waals surface area contributed by atoms with Gasteiger partial charge in [0.1, 0.15) is 17.5 Å². The smallest absolute Gasteiger partial charge is 0.138 e. The van der Waals surface area contributed by atoms with Gasteiger partial charge in [0, 0.05) is 42.0 Å². The standard InChI is InChI=1S/C30H43NO3/c1-18-7-10-20-15-22-28-11-12-30(33-6,21(16-28)27(5,32)26(2,3)4)25-29(28,23(20)24(18)34-25)13-14-31(22)17-19-8-9-19/h7,10,19,21-22,25,32H,8-9,11-17H2,1-6H3/t21-,22-,25-,27?,28?,29+,30+/m1/s1. The van der Waals surface area contributed by atoms with Crippen LogP contribution in [-0.2, 0) is 16.6 Å². The number of hydrogen-bond acceptors (Lipinski definition) is 4. The average molecular weight is 466 g/mol. The molecule has 0 amide bonds. The SMILES string of the molecule is CO[C@@]12CCC3(C[C@@H]1C(C)(O)C(C)(C)C)[C@H]1Cc4ccc(C)c5c4[C@@]3(CCN1CC1CC1)[C@H]2O5. The predicted molar refractivity (Wildman–Crippen MR) is 133 cm³/mol. The van der Waals surface area contributed by atoms with Gasteiger partial charge in [-0.2, -0.15) is 0 Å². The molecule has 2 spiro atoms. The quantitative estimate of drug-likeness (QED) is 0.678. The number of hydrogen-bond donors (Lipinski definition) is 1. The number of ether oxygens (including phenoxy) is 2. The highest BCUT2D eigenvalue weighted by Crippen LogP contribution is 2.77. The fourth-order valence-corrected chi connectivity index (χ4v) is 9.73. The molecule has 4 heteroatoms. The predicted octanol–water partition coefficient (Wildman–Crippen LogP) is 5.02. The maximum Gasteiger partial charge on any atom is 0.138 e. The zero-order chi connectivity index (χ0) is 23.9. The van der Waals surface area contributed by atoms with Crippen LogP contribution in [0.5, 0.6) is 5.75 Å². The van der Waals surface area contributed by atoms with Gasteiger partial charge < -0.3 is 14.6 Å². The number of benzene rings is 1. The first-order chi connectivity index (χ1) is 16.0. The van der Waals surface area contributed by atoms with Gasteiger partial charge in [0.05, 0.1) is 5.60 Å². The molecule has 5 fully saturated rings. The summed E-state index contributed by atoms with van der Waals surface area (Å²) < 4.78 is 13.8. The van der Waals surface area contributed by atoms with Crippen LogP contribution in [0.25, 0.3) is 0 Å². The van der Waals surface area contributed by atoms with Crippen LogP contribution >= 0.6 is 0 Å². The van der Waals surface area contributed by atoms with Gasteiger partial charge in [-0.1, -0.05) is 32.9 Å². The van der Waals surface area contributed by atoms with Gasteiger partial charge in [-0.05, 0) is 87.8 Å². The monoisotopic (exact) mass is 465 g/mol. The van der Waals surface area contributed by atoms with Crippen molar-refractivity contribution in [1.82, 2.24) is 4.90 Å². The van der Waals surface area contributed by atoms with Crippen LogP contribution in [0.4, 0.5) is 0 Å². The van der Waals surface area contributed by atoms with Crippen molar-refractivity contribution >= 4 is 0 Å². The van der Waals surface area contributed by atoms with E-state index in [0.717, 1.165) is 30.9 Å². The summed E-state index contributed by atoms with van der Waals surface area (Å²) in [6.07, 6.45) is 8.33. The summed E-state index contributed by atoms with van der Waals surface area (Å²) in [5.41, 5.74) is 2.95. The Bertz CT molecular complexity index is 1050. The molecule has 0 aromatic heterocycles. The number of aryl methyl sites for hydroxylation is 1. The van der Waals surface area contributed by atoms with Crippen molar-refractivity contribution in [3.05, 3.63) is 28.8 Å². The highest BCUT2D eigenvalue weighted by Gasteiger charge is 2.82. The molecule has 186 valence electrons. The van der Waals surface area contributed by atoms with E-state index >= 15 is 0 Å². The molecular formula is C30H43NO3. The van der Waals surface area contributed by atoms with Gasteiger partial charge >= 0.3 is 0 Å². The third-order valence-electron chi connectivity index (χ3n) is 12.1. The Hall–Kier alpha value is -1.10. The van der Waals surface area contributed by atoms with E-state index in [1.165, 1.54) is 55.5 Å². The molecule has 2 heterocycles. The number of rotatable bonds is 4. The Labute approximate surface area is 205 Å². The van der Waals surface area contributed by atoms with E-state index in [2.05, 4.69) is 51.7 Å². The Morgan fingerprint density at radius 1 is 1.15 bits per heavy atom. The number of aliphatic hydroxyl groups is 1. The van der Waals surface area contributed by atoms with Gasteiger partial charge in [0.25, 0.3) is 0 Å². The van der Waals surface area contributed by atoms with Crippen LogP contribution in [0, 0.1) is 29.6 Å². The van der Waals surface area contributed by atoms with E-state index < -0.39 is 11.2 Å². The second-order valence-electron chi connectivity index (χ2n) is 14.1. The van der Waals surface area contributed by atoms with Crippen LogP contribution in [0.3, 0.4) is 0 Å². The summed E-state index contributed by atoms with van der Waals surface area (Å²) >= 11 is 0. The first kappa shape index (κ1) is 22.1. The lowest BCUT2D eigenvalue weighted by atomic mass is 9.33. The molecule has 1 aromatic carbocycles. The molecule has 34 heavy (non-hydrogen) atoms. The molecule has 5 aliphatic carbocycles. The second kappa shape index (κ2) is 6.42. The van der Waals surface area contributed by atoms with Crippen molar-refractivity contribution in [2.45, 2.75) is 108 Å². The van der Waals surface area contributed by atoms with Crippen molar-refractivity contribution in [2.24, 2.45) is 22.7 Å². The van der Waals surface area contributed by atoms with Crippen molar-refractivity contribution in [3.63, 3.8) is 0 Å². The molecule has 0 radical (unpaired) electrons. The molecule has 8 rings (SSSR count). The largest absolute Gasteiger partial charge is 0.486 e. The van der Waals surface area contributed by atoms with Crippen LogP contribution in [0.15, 0.2) is 12.1 Å². The Morgan fingerprint density at radius 3 is 2.59 bits per heavy atom. The van der Waals surface area contributed by atoms with Gasteiger partial charge in [-0.3, -0.25) is 4.90 Å². The van der Waals surface area contributed by atoms with Crippen LogP contribution in [0.1, 0.15) is 82.9 Å². The summed E-state index contributed by atoms with van der Waals surface area (Å²) in [7, 11) is 1.89. The maximum atomic E-state index is 12.2. The van der Waals surface area contributed by atoms with E-state index in [-0.39, 0.29) is 28.3 Å². The molecule has 4 bridgehead atoms. The first-order valence-corrected chi connectivity index (χ1v) is 13.8. The van der Waals surface area contributed by atoms with Crippen molar-refractivity contribution < 1.29 is 14.6 Å². The topological polar surface area (TPSA) is 41.9 Å². The number of nitrogens with zero attached hydrogens (tertiary/aromatic N) is 1. The van der Waals surface area contributed by atoms with Gasteiger partial charge in [-0.15, -0.1) is 0 Å². The third kappa shape index (κ3) is 2.29. The third-order valence-corrected chi connectivity index (χ3v) is 12.1. The maximum absolute atomic E-state index is 12.2. The van der Waals surface area contributed by atoms with E-state index in [4.69, 9.17) is 9.47 Å². The lowest BCUT2D eigenvalue weighted by molar-refractivity contribution is -0.312. The Kier molecular flexibility index (Phi) is 4.18. The summed E-state index contributed by atoms with van der Waals surface area (Å²) in [5, 5.41) is 12.2. The molecule has 7 atom stereocenters. The molecular weight excluding hydrogens is 422 g/mol. The Morgan fingerprint density at radius 2 is 1.91 bits per heavy atom. The molecule has 2 aliphatic heterocycles. The van der Waals surface area contributed by atoms with Crippen molar-refractivity contribution in [3.8, 4) is 5.75 Å². The molecule has 7 aliphatic rings. The van der Waals surface area contributed by atoms with E-state index in [1.807, 2.05) is 7.11 Å². The first-order valence-electron chi connectivity index (χ1n) is 13.8. The second-order valence-corrected chi connectivity index (χ2v) is 14.1. The zero-order valence-corrected chi connectivity index (χ0v) is 22.0. The minimum atomic E-state index is -0.846. The highest BCUT2D eigenvalue weighted by molar-refractivity contribution is 5.61. The fourth-order valence-electron chi connectivity index (χ4n) is 9.73. The minimum Gasteiger partial charge on any atom is -0.486 e. The van der Waals surface area contributed by atoms with Gasteiger partial charge in [0.15, 0.2) is 0 Å². The number of methoxy groups -OCH3 is 1. The van der Waals surface area contributed by atoms with Crippen LogP contribution < -0.4 is 4.74 Å². The molecule has 1 aromatic rings. The number of fused-ring (bicyclic) bond motifs is 2. The van der Waals surface area contributed by atoms with Crippen molar-refractivity contribution in [1.29, 1.82) is 0 Å². The Balaban J connectivity index is 1.47. The van der Waals surface area contributed by atoms with E-state index in [0.29, 0.717) is 6.04 Å². The van der Waals surface area contributed by atoms with Crippen LogP contribution in [-0.4, -0.2) is 53.6 Å². The molecule has 1 saturated heterocycles. The number of likely N-dealkylation sites (tertiary alicyclic amines) is 1. The average Bonchev–Trinajstić information content (AvgIpc) is 3.53. The lowest BCUT2D eigenvalue weighted by Crippen LogP contribution is -2.83. The summed E-state index contributed by atoms with van der Waals surface area (Å²) in [6, 6.07) is 5.24. The molecule has 1 N–H and O–H groups in total. The van der Waals surface area contributed by atoms with Gasteiger partial charge in [-0.25, -0.2) is 0 Å². The van der Waals surface area contributed by atoms with Gasteiger partial charge in [0.2, 0.25) is 0 Å². The molecule has 4 nitrogen and oxygen atoms in total. The highest BCUT2D eigenvalue weighted by atomic mass is 16.6.